The number of likely N-dealkylation sites (tertiary alicyclic amines) is 1. The van der Waals surface area contributed by atoms with Gasteiger partial charge in [-0.15, -0.1) is 0 Å². The molecule has 1 heterocycles. The van der Waals surface area contributed by atoms with Crippen LogP contribution in [0, 0.1) is 5.92 Å². The molecule has 0 aromatic heterocycles. The van der Waals surface area contributed by atoms with Crippen molar-refractivity contribution >= 4 is 12.1 Å². The standard InChI is InChI=1S/C19H39N5O2/c1-9-20-17(22-16-13-24(14(2)3)12-15(16)4)21-10-11-23(8)18(25)26-19(5,6)7/h14-16H,9-13H2,1-8H3,(H2,20,21,22). The van der Waals surface area contributed by atoms with Crippen molar-refractivity contribution in [3.05, 3.63) is 0 Å². The summed E-state index contributed by atoms with van der Waals surface area (Å²) >= 11 is 0. The van der Waals surface area contributed by atoms with E-state index < -0.39 is 5.60 Å². The summed E-state index contributed by atoms with van der Waals surface area (Å²) in [5, 5.41) is 6.86. The number of carbonyl (C=O) groups is 1. The zero-order chi connectivity index (χ0) is 19.9. The van der Waals surface area contributed by atoms with Crippen molar-refractivity contribution in [2.45, 2.75) is 66.2 Å². The Hall–Kier alpha value is -1.50. The minimum absolute atomic E-state index is 0.317. The number of likely N-dealkylation sites (N-methyl/N-ethyl adjacent to an activating group) is 1. The zero-order valence-corrected chi connectivity index (χ0v) is 17.9. The van der Waals surface area contributed by atoms with E-state index in [1.165, 1.54) is 0 Å². The Morgan fingerprint density at radius 2 is 2.00 bits per heavy atom. The third-order valence-electron chi connectivity index (χ3n) is 4.45. The van der Waals surface area contributed by atoms with Crippen molar-refractivity contribution in [1.82, 2.24) is 20.4 Å². The maximum Gasteiger partial charge on any atom is 0.410 e. The van der Waals surface area contributed by atoms with Crippen LogP contribution in [-0.4, -0.2) is 79.3 Å². The lowest BCUT2D eigenvalue weighted by molar-refractivity contribution is 0.0304. The lowest BCUT2D eigenvalue weighted by atomic mass is 10.1. The van der Waals surface area contributed by atoms with E-state index in [1.807, 2.05) is 20.8 Å². The molecule has 1 aliphatic rings. The summed E-state index contributed by atoms with van der Waals surface area (Å²) in [6.07, 6.45) is -0.317. The number of carbonyl (C=O) groups excluding carboxylic acids is 1. The second-order valence-corrected chi connectivity index (χ2v) is 8.44. The second kappa shape index (κ2) is 10.00. The van der Waals surface area contributed by atoms with Crippen LogP contribution in [0.5, 0.6) is 0 Å². The molecular formula is C19H39N5O2. The highest BCUT2D eigenvalue weighted by molar-refractivity contribution is 5.80. The number of nitrogens with one attached hydrogen (secondary N) is 2. The largest absolute Gasteiger partial charge is 0.444 e. The third kappa shape index (κ3) is 7.81. The Balaban J connectivity index is 2.54. The van der Waals surface area contributed by atoms with E-state index in [1.54, 1.807) is 11.9 Å². The van der Waals surface area contributed by atoms with Gasteiger partial charge in [0.2, 0.25) is 0 Å². The highest BCUT2D eigenvalue weighted by Crippen LogP contribution is 2.18. The van der Waals surface area contributed by atoms with E-state index in [2.05, 4.69) is 48.2 Å². The molecule has 7 nitrogen and oxygen atoms in total. The quantitative estimate of drug-likeness (QED) is 0.554. The molecule has 0 saturated carbocycles. The molecule has 0 aromatic carbocycles. The smallest absolute Gasteiger partial charge is 0.410 e. The number of nitrogens with zero attached hydrogens (tertiary/aromatic N) is 3. The van der Waals surface area contributed by atoms with Crippen LogP contribution in [0.1, 0.15) is 48.5 Å². The molecule has 1 rings (SSSR count). The minimum atomic E-state index is -0.480. The van der Waals surface area contributed by atoms with Gasteiger partial charge in [-0.05, 0) is 47.5 Å². The Kier molecular flexibility index (Phi) is 8.67. The monoisotopic (exact) mass is 369 g/mol. The molecule has 2 N–H and O–H groups in total. The summed E-state index contributed by atoms with van der Waals surface area (Å²) in [5.41, 5.74) is -0.480. The average Bonchev–Trinajstić information content (AvgIpc) is 2.87. The van der Waals surface area contributed by atoms with E-state index in [-0.39, 0.29) is 6.09 Å². The van der Waals surface area contributed by atoms with Gasteiger partial charge in [0, 0.05) is 45.3 Å². The SMILES string of the molecule is CCNC(=NCCN(C)C(=O)OC(C)(C)C)NC1CN(C(C)C)CC1C. The number of hydrogen-bond acceptors (Lipinski definition) is 4. The minimum Gasteiger partial charge on any atom is -0.444 e. The molecule has 0 aromatic rings. The predicted octanol–water partition coefficient (Wildman–Crippen LogP) is 2.14. The first-order valence-corrected chi connectivity index (χ1v) is 9.76. The molecule has 0 aliphatic carbocycles. The van der Waals surface area contributed by atoms with Gasteiger partial charge >= 0.3 is 6.09 Å². The first-order chi connectivity index (χ1) is 12.0. The maximum atomic E-state index is 12.0. The lowest BCUT2D eigenvalue weighted by Gasteiger charge is -2.24. The molecule has 1 aliphatic heterocycles. The van der Waals surface area contributed by atoms with Gasteiger partial charge in [0.1, 0.15) is 5.60 Å². The first-order valence-electron chi connectivity index (χ1n) is 9.76. The summed E-state index contributed by atoms with van der Waals surface area (Å²) in [4.78, 5) is 20.7. The third-order valence-corrected chi connectivity index (χ3v) is 4.45. The van der Waals surface area contributed by atoms with Crippen LogP contribution < -0.4 is 10.6 Å². The van der Waals surface area contributed by atoms with E-state index in [0.29, 0.717) is 31.1 Å². The molecule has 1 fully saturated rings. The fourth-order valence-corrected chi connectivity index (χ4v) is 2.85. The highest BCUT2D eigenvalue weighted by atomic mass is 16.6. The fraction of sp³-hybridized carbons (Fsp3) is 0.895. The van der Waals surface area contributed by atoms with Crippen molar-refractivity contribution in [3.63, 3.8) is 0 Å². The lowest BCUT2D eigenvalue weighted by Crippen LogP contribution is -2.47. The van der Waals surface area contributed by atoms with Crippen molar-refractivity contribution in [3.8, 4) is 0 Å². The van der Waals surface area contributed by atoms with Crippen LogP contribution in [0.25, 0.3) is 0 Å². The van der Waals surface area contributed by atoms with Crippen LogP contribution in [0.3, 0.4) is 0 Å². The van der Waals surface area contributed by atoms with Gasteiger partial charge < -0.3 is 20.3 Å². The zero-order valence-electron chi connectivity index (χ0n) is 17.9. The van der Waals surface area contributed by atoms with Crippen LogP contribution in [-0.2, 0) is 4.74 Å². The Bertz CT molecular complexity index is 473. The van der Waals surface area contributed by atoms with Gasteiger partial charge in [-0.25, -0.2) is 4.79 Å². The number of hydrogen-bond donors (Lipinski definition) is 2. The fourth-order valence-electron chi connectivity index (χ4n) is 2.85. The number of rotatable bonds is 6. The topological polar surface area (TPSA) is 69.2 Å². The van der Waals surface area contributed by atoms with Gasteiger partial charge in [0.25, 0.3) is 0 Å². The van der Waals surface area contributed by atoms with Crippen molar-refractivity contribution < 1.29 is 9.53 Å². The normalized spacial score (nSPS) is 21.8. The molecular weight excluding hydrogens is 330 g/mol. The van der Waals surface area contributed by atoms with Crippen LogP contribution >= 0.6 is 0 Å². The van der Waals surface area contributed by atoms with Crippen LogP contribution in [0.15, 0.2) is 4.99 Å². The van der Waals surface area contributed by atoms with E-state index in [4.69, 9.17) is 4.74 Å². The summed E-state index contributed by atoms with van der Waals surface area (Å²) in [5.74, 6) is 1.39. The number of aliphatic imine (C=N–C) groups is 1. The summed E-state index contributed by atoms with van der Waals surface area (Å²) in [6.45, 7) is 18.4. The maximum absolute atomic E-state index is 12.0. The van der Waals surface area contributed by atoms with Gasteiger partial charge in [-0.3, -0.25) is 9.89 Å². The molecule has 0 bridgehead atoms. The summed E-state index contributed by atoms with van der Waals surface area (Å²) in [7, 11) is 1.74. The van der Waals surface area contributed by atoms with Crippen LogP contribution in [0.2, 0.25) is 0 Å². The molecule has 26 heavy (non-hydrogen) atoms. The van der Waals surface area contributed by atoms with Gasteiger partial charge in [-0.2, -0.15) is 0 Å². The first kappa shape index (κ1) is 22.5. The molecule has 1 amide bonds. The van der Waals surface area contributed by atoms with Gasteiger partial charge in [0.15, 0.2) is 5.96 Å². The Morgan fingerprint density at radius 3 is 2.50 bits per heavy atom. The molecule has 2 unspecified atom stereocenters. The summed E-state index contributed by atoms with van der Waals surface area (Å²) in [6, 6.07) is 0.949. The molecule has 0 spiro atoms. The number of guanidine groups is 1. The molecule has 2 atom stereocenters. The van der Waals surface area contributed by atoms with Crippen molar-refractivity contribution in [2.75, 3.05) is 39.8 Å². The van der Waals surface area contributed by atoms with Gasteiger partial charge in [-0.1, -0.05) is 6.92 Å². The average molecular weight is 370 g/mol. The predicted molar refractivity (Wildman–Crippen MR) is 108 cm³/mol. The number of ether oxygens (including phenoxy) is 1. The van der Waals surface area contributed by atoms with E-state index in [9.17, 15) is 4.79 Å². The number of amides is 1. The Morgan fingerprint density at radius 1 is 1.35 bits per heavy atom. The van der Waals surface area contributed by atoms with E-state index >= 15 is 0 Å². The van der Waals surface area contributed by atoms with E-state index in [0.717, 1.165) is 25.6 Å². The molecule has 7 heteroatoms. The molecule has 0 radical (unpaired) electrons. The van der Waals surface area contributed by atoms with Gasteiger partial charge in [0.05, 0.1) is 6.54 Å². The molecule has 1 saturated heterocycles. The summed E-state index contributed by atoms with van der Waals surface area (Å²) < 4.78 is 5.36. The highest BCUT2D eigenvalue weighted by Gasteiger charge is 2.31. The van der Waals surface area contributed by atoms with Crippen molar-refractivity contribution in [2.24, 2.45) is 10.9 Å². The van der Waals surface area contributed by atoms with Crippen LogP contribution in [0.4, 0.5) is 4.79 Å². The second-order valence-electron chi connectivity index (χ2n) is 8.44. The molecule has 152 valence electrons. The Labute approximate surface area is 159 Å². The van der Waals surface area contributed by atoms with Crippen molar-refractivity contribution in [1.29, 1.82) is 0 Å².